The molecule has 8 nitrogen and oxygen atoms in total. The van der Waals surface area contributed by atoms with Crippen LogP contribution in [0.5, 0.6) is 0 Å². The van der Waals surface area contributed by atoms with Gasteiger partial charge in [-0.15, -0.1) is 12.4 Å². The molecule has 2 fully saturated rings. The van der Waals surface area contributed by atoms with Crippen molar-refractivity contribution >= 4 is 29.9 Å². The first-order chi connectivity index (χ1) is 11.6. The fourth-order valence-electron chi connectivity index (χ4n) is 3.25. The molecule has 1 aromatic rings. The zero-order valence-electron chi connectivity index (χ0n) is 14.4. The Morgan fingerprint density at radius 3 is 2.88 bits per heavy atom. The molecule has 1 aliphatic heterocycles. The van der Waals surface area contributed by atoms with Crippen LogP contribution < -0.4 is 16.0 Å². The third-order valence-corrected chi connectivity index (χ3v) is 4.53. The van der Waals surface area contributed by atoms with Crippen LogP contribution in [0.2, 0.25) is 0 Å². The summed E-state index contributed by atoms with van der Waals surface area (Å²) in [7, 11) is 0. The van der Waals surface area contributed by atoms with E-state index < -0.39 is 0 Å². The molecular formula is C16H26ClN5O3. The number of carbonyl (C=O) groups is 2. The van der Waals surface area contributed by atoms with Crippen LogP contribution in [0.1, 0.15) is 32.6 Å². The zero-order chi connectivity index (χ0) is 16.9. The van der Waals surface area contributed by atoms with Crippen LogP contribution in [0.3, 0.4) is 0 Å². The Morgan fingerprint density at radius 2 is 2.16 bits per heavy atom. The molecule has 2 heterocycles. The van der Waals surface area contributed by atoms with Gasteiger partial charge in [-0.2, -0.15) is 5.10 Å². The number of nitrogens with zero attached hydrogens (tertiary/aromatic N) is 2. The van der Waals surface area contributed by atoms with Crippen molar-refractivity contribution in [2.24, 2.45) is 0 Å². The first-order valence-electron chi connectivity index (χ1n) is 8.59. The number of rotatable bonds is 5. The fourth-order valence-corrected chi connectivity index (χ4v) is 3.25. The van der Waals surface area contributed by atoms with E-state index in [-0.39, 0.29) is 42.9 Å². The highest BCUT2D eigenvalue weighted by molar-refractivity contribution is 5.95. The Hall–Kier alpha value is -1.64. The molecule has 1 aromatic heterocycles. The minimum Gasteiger partial charge on any atom is -0.375 e. The Bertz CT molecular complexity index is 588. The van der Waals surface area contributed by atoms with E-state index in [2.05, 4.69) is 21.0 Å². The molecule has 0 bridgehead atoms. The molecule has 2 atom stereocenters. The SMILES string of the molecule is C[C@H]1OCCN[C@@H]1C(=O)Nc1cnn(CC(=O)NC2CCCC2)c1.Cl. The smallest absolute Gasteiger partial charge is 0.244 e. The average Bonchev–Trinajstić information content (AvgIpc) is 3.20. The van der Waals surface area contributed by atoms with Gasteiger partial charge in [0.15, 0.2) is 0 Å². The van der Waals surface area contributed by atoms with E-state index in [0.29, 0.717) is 24.9 Å². The lowest BCUT2D eigenvalue weighted by Gasteiger charge is -2.29. The number of anilines is 1. The molecule has 0 radical (unpaired) electrons. The maximum atomic E-state index is 12.3. The Balaban J connectivity index is 0.00000225. The van der Waals surface area contributed by atoms with Crippen molar-refractivity contribution in [3.05, 3.63) is 12.4 Å². The van der Waals surface area contributed by atoms with Gasteiger partial charge in [-0.25, -0.2) is 0 Å². The maximum absolute atomic E-state index is 12.3. The number of hydrogen-bond acceptors (Lipinski definition) is 5. The van der Waals surface area contributed by atoms with Crippen LogP contribution in [0.15, 0.2) is 12.4 Å². The molecule has 25 heavy (non-hydrogen) atoms. The normalized spacial score (nSPS) is 23.7. The van der Waals surface area contributed by atoms with Gasteiger partial charge in [0, 0.05) is 18.8 Å². The topological polar surface area (TPSA) is 97.3 Å². The summed E-state index contributed by atoms with van der Waals surface area (Å²) in [5.41, 5.74) is 0.577. The number of ether oxygens (including phenoxy) is 1. The first-order valence-corrected chi connectivity index (χ1v) is 8.59. The molecule has 0 spiro atoms. The number of nitrogens with one attached hydrogen (secondary N) is 3. The van der Waals surface area contributed by atoms with E-state index in [1.165, 1.54) is 17.5 Å². The van der Waals surface area contributed by atoms with Crippen molar-refractivity contribution in [2.75, 3.05) is 18.5 Å². The molecule has 3 rings (SSSR count). The van der Waals surface area contributed by atoms with Gasteiger partial charge >= 0.3 is 0 Å². The van der Waals surface area contributed by atoms with Gasteiger partial charge in [0.25, 0.3) is 0 Å². The third-order valence-electron chi connectivity index (χ3n) is 4.53. The number of amides is 2. The lowest BCUT2D eigenvalue weighted by Crippen LogP contribution is -2.53. The lowest BCUT2D eigenvalue weighted by molar-refractivity contribution is -0.124. The third kappa shape index (κ3) is 5.42. The Kier molecular flexibility index (Phi) is 7.22. The largest absolute Gasteiger partial charge is 0.375 e. The average molecular weight is 372 g/mol. The second-order valence-electron chi connectivity index (χ2n) is 6.47. The van der Waals surface area contributed by atoms with Crippen LogP contribution in [0.4, 0.5) is 5.69 Å². The van der Waals surface area contributed by atoms with Gasteiger partial charge in [0.1, 0.15) is 12.6 Å². The minimum atomic E-state index is -0.382. The summed E-state index contributed by atoms with van der Waals surface area (Å²) < 4.78 is 7.01. The molecule has 1 aliphatic carbocycles. The summed E-state index contributed by atoms with van der Waals surface area (Å²) in [6.45, 7) is 3.29. The van der Waals surface area contributed by atoms with Gasteiger partial charge < -0.3 is 20.7 Å². The molecule has 2 amide bonds. The van der Waals surface area contributed by atoms with E-state index in [0.717, 1.165) is 12.8 Å². The van der Waals surface area contributed by atoms with Crippen LogP contribution >= 0.6 is 12.4 Å². The van der Waals surface area contributed by atoms with E-state index in [9.17, 15) is 9.59 Å². The van der Waals surface area contributed by atoms with Crippen molar-refractivity contribution in [3.63, 3.8) is 0 Å². The van der Waals surface area contributed by atoms with Gasteiger partial charge in [-0.1, -0.05) is 12.8 Å². The minimum absolute atomic E-state index is 0. The van der Waals surface area contributed by atoms with Crippen molar-refractivity contribution < 1.29 is 14.3 Å². The summed E-state index contributed by atoms with van der Waals surface area (Å²) >= 11 is 0. The van der Waals surface area contributed by atoms with E-state index in [1.807, 2.05) is 6.92 Å². The summed E-state index contributed by atoms with van der Waals surface area (Å²) in [5.74, 6) is -0.198. The zero-order valence-corrected chi connectivity index (χ0v) is 15.2. The Morgan fingerprint density at radius 1 is 1.40 bits per heavy atom. The lowest BCUT2D eigenvalue weighted by atomic mass is 10.1. The second-order valence-corrected chi connectivity index (χ2v) is 6.47. The molecule has 0 unspecified atom stereocenters. The second kappa shape index (κ2) is 9.17. The van der Waals surface area contributed by atoms with E-state index >= 15 is 0 Å². The first kappa shape index (κ1) is 19.7. The highest BCUT2D eigenvalue weighted by atomic mass is 35.5. The number of aromatic nitrogens is 2. The van der Waals surface area contributed by atoms with Crippen molar-refractivity contribution in [3.8, 4) is 0 Å². The molecule has 9 heteroatoms. The molecular weight excluding hydrogens is 346 g/mol. The summed E-state index contributed by atoms with van der Waals surface area (Å²) in [5, 5.41) is 13.1. The highest BCUT2D eigenvalue weighted by Gasteiger charge is 2.28. The predicted molar refractivity (Wildman–Crippen MR) is 95.7 cm³/mol. The predicted octanol–water partition coefficient (Wildman–Crippen LogP) is 0.679. The number of carbonyl (C=O) groups excluding carboxylic acids is 2. The Labute approximate surface area is 153 Å². The van der Waals surface area contributed by atoms with Crippen molar-refractivity contribution in [1.82, 2.24) is 20.4 Å². The standard InChI is InChI=1S/C16H25N5O3.ClH/c1-11-15(17-6-7-24-11)16(23)20-13-8-18-21(9-13)10-14(22)19-12-4-2-3-5-12;/h8-9,11-12,15,17H,2-7,10H2,1H3,(H,19,22)(H,20,23);1H/t11-,15+;/m1./s1. The van der Waals surface area contributed by atoms with Gasteiger partial charge in [-0.3, -0.25) is 14.3 Å². The quantitative estimate of drug-likeness (QED) is 0.707. The van der Waals surface area contributed by atoms with Crippen LogP contribution in [-0.4, -0.2) is 52.9 Å². The summed E-state index contributed by atoms with van der Waals surface area (Å²) in [6, 6.07) is -0.0844. The molecule has 1 saturated heterocycles. The van der Waals surface area contributed by atoms with Crippen molar-refractivity contribution in [1.29, 1.82) is 0 Å². The molecule has 2 aliphatic rings. The number of hydrogen-bond donors (Lipinski definition) is 3. The maximum Gasteiger partial charge on any atom is 0.244 e. The van der Waals surface area contributed by atoms with Crippen molar-refractivity contribution in [2.45, 2.75) is 57.3 Å². The van der Waals surface area contributed by atoms with Crippen LogP contribution in [0, 0.1) is 0 Å². The van der Waals surface area contributed by atoms with Gasteiger partial charge in [-0.05, 0) is 19.8 Å². The molecule has 140 valence electrons. The van der Waals surface area contributed by atoms with E-state index in [1.54, 1.807) is 12.4 Å². The fraction of sp³-hybridized carbons (Fsp3) is 0.688. The van der Waals surface area contributed by atoms with Gasteiger partial charge in [0.2, 0.25) is 11.8 Å². The molecule has 1 saturated carbocycles. The van der Waals surface area contributed by atoms with Crippen LogP contribution in [-0.2, 0) is 20.9 Å². The molecule has 3 N–H and O–H groups in total. The monoisotopic (exact) mass is 371 g/mol. The number of morpholine rings is 1. The van der Waals surface area contributed by atoms with Crippen LogP contribution in [0.25, 0.3) is 0 Å². The highest BCUT2D eigenvalue weighted by Crippen LogP contribution is 2.17. The van der Waals surface area contributed by atoms with E-state index in [4.69, 9.17) is 4.74 Å². The molecule has 0 aromatic carbocycles. The number of halogens is 1. The summed E-state index contributed by atoms with van der Waals surface area (Å²) in [6.07, 6.45) is 7.52. The summed E-state index contributed by atoms with van der Waals surface area (Å²) in [4.78, 5) is 24.3. The van der Waals surface area contributed by atoms with Gasteiger partial charge in [0.05, 0.1) is 24.6 Å².